The van der Waals surface area contributed by atoms with Crippen molar-refractivity contribution >= 4 is 17.8 Å². The first-order valence-corrected chi connectivity index (χ1v) is 5.14. The van der Waals surface area contributed by atoms with Gasteiger partial charge < -0.3 is 5.73 Å². The van der Waals surface area contributed by atoms with Gasteiger partial charge in [0.15, 0.2) is 5.82 Å². The number of nitrogens with zero attached hydrogens (tertiary/aromatic N) is 3. The molecule has 1 aromatic heterocycles. The van der Waals surface area contributed by atoms with E-state index in [0.717, 1.165) is 5.75 Å². The van der Waals surface area contributed by atoms with Crippen molar-refractivity contribution in [1.82, 2.24) is 14.4 Å². The van der Waals surface area contributed by atoms with Gasteiger partial charge >= 0.3 is 22.4 Å². The minimum atomic E-state index is 0. The maximum atomic E-state index is 5.44. The summed E-state index contributed by atoms with van der Waals surface area (Å²) in [6, 6.07) is 10.2. The molecule has 1 aromatic carbocycles. The quantitative estimate of drug-likeness (QED) is 0.874. The van der Waals surface area contributed by atoms with Gasteiger partial charge in [-0.15, -0.1) is 5.10 Å². The minimum absolute atomic E-state index is 0. The van der Waals surface area contributed by atoms with Crippen LogP contribution in [0.3, 0.4) is 0 Å². The molecular formula is C9H10AgN4S+. The Morgan fingerprint density at radius 2 is 2.00 bits per heavy atom. The predicted molar refractivity (Wildman–Crippen MR) is 57.6 cm³/mol. The molecular weight excluding hydrogens is 304 g/mol. The maximum Gasteiger partial charge on any atom is 1.00 e. The summed E-state index contributed by atoms with van der Waals surface area (Å²) in [5.41, 5.74) is 6.70. The molecule has 0 radical (unpaired) electrons. The fourth-order valence-corrected chi connectivity index (χ4v) is 1.78. The smallest absolute Gasteiger partial charge is 0.381 e. The Hall–Kier alpha value is -0.750. The summed E-state index contributed by atoms with van der Waals surface area (Å²) in [6.45, 7) is 0. The largest absolute Gasteiger partial charge is 1.00 e. The van der Waals surface area contributed by atoms with Crippen LogP contribution in [0.1, 0.15) is 5.56 Å². The van der Waals surface area contributed by atoms with E-state index in [0.29, 0.717) is 5.82 Å². The average Bonchev–Trinajstić information content (AvgIpc) is 2.63. The van der Waals surface area contributed by atoms with E-state index < -0.39 is 0 Å². The summed E-state index contributed by atoms with van der Waals surface area (Å²) in [6.07, 6.45) is 1.70. The first-order valence-electron chi connectivity index (χ1n) is 4.19. The molecule has 0 saturated heterocycles. The molecule has 2 aromatic rings. The van der Waals surface area contributed by atoms with Gasteiger partial charge in [0.25, 0.3) is 0 Å². The Morgan fingerprint density at radius 1 is 1.27 bits per heavy atom. The van der Waals surface area contributed by atoms with Gasteiger partial charge in [0, 0.05) is 5.75 Å². The molecule has 0 unspecified atom stereocenters. The van der Waals surface area contributed by atoms with Gasteiger partial charge in [-0.05, 0) is 17.5 Å². The summed E-state index contributed by atoms with van der Waals surface area (Å²) < 4.78 is 1.67. The molecule has 0 fully saturated rings. The van der Waals surface area contributed by atoms with Gasteiger partial charge in [-0.25, -0.2) is 0 Å². The van der Waals surface area contributed by atoms with Crippen LogP contribution < -0.4 is 5.73 Å². The molecule has 15 heavy (non-hydrogen) atoms. The molecule has 4 nitrogen and oxygen atoms in total. The number of aromatic nitrogens is 3. The summed E-state index contributed by atoms with van der Waals surface area (Å²) in [5, 5.41) is 7.53. The van der Waals surface area contributed by atoms with Gasteiger partial charge in [0.05, 0.1) is 6.20 Å². The van der Waals surface area contributed by atoms with Crippen LogP contribution in [0.5, 0.6) is 0 Å². The van der Waals surface area contributed by atoms with Crippen molar-refractivity contribution in [1.29, 1.82) is 0 Å². The SMILES string of the molecule is Nc1cn(SCc2ccccc2)nn1.[Ag+]. The summed E-state index contributed by atoms with van der Waals surface area (Å²) in [7, 11) is 0. The second-order valence-electron chi connectivity index (χ2n) is 2.80. The molecule has 2 rings (SSSR count). The van der Waals surface area contributed by atoms with E-state index >= 15 is 0 Å². The van der Waals surface area contributed by atoms with Gasteiger partial charge in [-0.1, -0.05) is 35.5 Å². The van der Waals surface area contributed by atoms with Crippen LogP contribution in [0.4, 0.5) is 5.82 Å². The second-order valence-corrected chi connectivity index (χ2v) is 3.73. The Morgan fingerprint density at radius 3 is 2.60 bits per heavy atom. The van der Waals surface area contributed by atoms with E-state index in [4.69, 9.17) is 5.73 Å². The Labute approximate surface area is 108 Å². The van der Waals surface area contributed by atoms with Crippen LogP contribution in [0.25, 0.3) is 0 Å². The molecule has 0 aliphatic heterocycles. The molecule has 0 spiro atoms. The van der Waals surface area contributed by atoms with Crippen LogP contribution in [-0.2, 0) is 28.1 Å². The molecule has 6 heteroatoms. The molecule has 0 bridgehead atoms. The standard InChI is InChI=1S/C9H10N4S.Ag/c10-9-6-13(12-11-9)14-7-8-4-2-1-3-5-8;/h1-6H,7,10H2;/q;+1. The van der Waals surface area contributed by atoms with Crippen molar-refractivity contribution in [3.63, 3.8) is 0 Å². The Bertz CT molecular complexity index is 404. The number of anilines is 1. The van der Waals surface area contributed by atoms with Crippen LogP contribution in [-0.4, -0.2) is 14.4 Å². The monoisotopic (exact) mass is 313 g/mol. The van der Waals surface area contributed by atoms with Crippen LogP contribution in [0.2, 0.25) is 0 Å². The number of benzene rings is 1. The molecule has 1 heterocycles. The second kappa shape index (κ2) is 5.97. The minimum Gasteiger partial charge on any atom is -0.381 e. The van der Waals surface area contributed by atoms with E-state index in [1.54, 1.807) is 22.2 Å². The fraction of sp³-hybridized carbons (Fsp3) is 0.111. The van der Waals surface area contributed by atoms with Crippen molar-refractivity contribution in [3.05, 3.63) is 42.1 Å². The Balaban J connectivity index is 0.00000112. The van der Waals surface area contributed by atoms with E-state index in [1.807, 2.05) is 18.2 Å². The first-order chi connectivity index (χ1) is 6.84. The van der Waals surface area contributed by atoms with Crippen LogP contribution >= 0.6 is 11.9 Å². The third-order valence-electron chi connectivity index (χ3n) is 1.70. The zero-order valence-corrected chi connectivity index (χ0v) is 10.1. The maximum absolute atomic E-state index is 5.44. The molecule has 0 aliphatic rings. The average molecular weight is 314 g/mol. The zero-order valence-electron chi connectivity index (χ0n) is 7.80. The van der Waals surface area contributed by atoms with E-state index in [1.165, 1.54) is 5.56 Å². The number of hydrogen-bond donors (Lipinski definition) is 1. The van der Waals surface area contributed by atoms with Crippen molar-refractivity contribution in [2.75, 3.05) is 5.73 Å². The van der Waals surface area contributed by atoms with Crippen molar-refractivity contribution in [2.45, 2.75) is 5.75 Å². The summed E-state index contributed by atoms with van der Waals surface area (Å²) in [5.74, 6) is 1.31. The van der Waals surface area contributed by atoms with Crippen molar-refractivity contribution < 1.29 is 22.4 Å². The van der Waals surface area contributed by atoms with Crippen molar-refractivity contribution in [3.8, 4) is 0 Å². The normalized spacial score (nSPS) is 9.60. The van der Waals surface area contributed by atoms with E-state index in [2.05, 4.69) is 22.4 Å². The number of rotatable bonds is 3. The molecule has 0 saturated carbocycles. The van der Waals surface area contributed by atoms with E-state index in [9.17, 15) is 0 Å². The molecule has 0 amide bonds. The number of hydrogen-bond acceptors (Lipinski definition) is 4. The van der Waals surface area contributed by atoms with Gasteiger partial charge in [0.2, 0.25) is 0 Å². The molecule has 2 N–H and O–H groups in total. The summed E-state index contributed by atoms with van der Waals surface area (Å²) in [4.78, 5) is 0. The van der Waals surface area contributed by atoms with Gasteiger partial charge in [-0.3, -0.25) is 0 Å². The predicted octanol–water partition coefficient (Wildman–Crippen LogP) is 1.55. The zero-order chi connectivity index (χ0) is 9.80. The van der Waals surface area contributed by atoms with Gasteiger partial charge in [-0.2, -0.15) is 4.09 Å². The summed E-state index contributed by atoms with van der Waals surface area (Å²) >= 11 is 1.56. The van der Waals surface area contributed by atoms with Crippen molar-refractivity contribution in [2.24, 2.45) is 0 Å². The third-order valence-corrected chi connectivity index (χ3v) is 2.60. The van der Waals surface area contributed by atoms with E-state index in [-0.39, 0.29) is 22.4 Å². The van der Waals surface area contributed by atoms with Crippen LogP contribution in [0.15, 0.2) is 36.5 Å². The molecule has 82 valence electrons. The first kappa shape index (κ1) is 12.3. The van der Waals surface area contributed by atoms with Gasteiger partial charge in [0.1, 0.15) is 0 Å². The molecule has 0 atom stereocenters. The number of nitrogen functional groups attached to an aromatic ring is 1. The topological polar surface area (TPSA) is 56.7 Å². The number of nitrogens with two attached hydrogens (primary N) is 1. The fourth-order valence-electron chi connectivity index (χ4n) is 1.04. The third kappa shape index (κ3) is 3.71. The van der Waals surface area contributed by atoms with Crippen LogP contribution in [0, 0.1) is 0 Å². The Kier molecular flexibility index (Phi) is 4.90. The molecule has 0 aliphatic carbocycles.